The zero-order valence-corrected chi connectivity index (χ0v) is 8.02. The Bertz CT molecular complexity index is 342. The smallest absolute Gasteiger partial charge is 0.0252 e. The SMILES string of the molecule is Cc1c2c(n(C)c1C)CCC=C2. The lowest BCUT2D eigenvalue weighted by Gasteiger charge is -2.08. The van der Waals surface area contributed by atoms with Crippen LogP contribution in [0.3, 0.4) is 0 Å². The summed E-state index contributed by atoms with van der Waals surface area (Å²) in [5, 5.41) is 0. The molecule has 0 N–H and O–H groups in total. The van der Waals surface area contributed by atoms with Gasteiger partial charge in [-0.25, -0.2) is 0 Å². The van der Waals surface area contributed by atoms with Crippen LogP contribution in [0.15, 0.2) is 6.08 Å². The molecule has 0 unspecified atom stereocenters. The summed E-state index contributed by atoms with van der Waals surface area (Å²) in [5.41, 5.74) is 5.82. The molecule has 0 atom stereocenters. The number of nitrogens with zero attached hydrogens (tertiary/aromatic N) is 1. The van der Waals surface area contributed by atoms with Gasteiger partial charge in [-0.05, 0) is 37.8 Å². The van der Waals surface area contributed by atoms with E-state index >= 15 is 0 Å². The number of hydrogen-bond donors (Lipinski definition) is 0. The van der Waals surface area contributed by atoms with Crippen LogP contribution < -0.4 is 0 Å². The first kappa shape index (κ1) is 7.66. The van der Waals surface area contributed by atoms with Crippen molar-refractivity contribution in [3.8, 4) is 0 Å². The van der Waals surface area contributed by atoms with E-state index in [4.69, 9.17) is 0 Å². The third-order valence-electron chi connectivity index (χ3n) is 3.00. The van der Waals surface area contributed by atoms with E-state index in [9.17, 15) is 0 Å². The fraction of sp³-hybridized carbons (Fsp3) is 0.455. The third-order valence-corrected chi connectivity index (χ3v) is 3.00. The van der Waals surface area contributed by atoms with Crippen LogP contribution >= 0.6 is 0 Å². The Morgan fingerprint density at radius 1 is 1.33 bits per heavy atom. The summed E-state index contributed by atoms with van der Waals surface area (Å²) in [5.74, 6) is 0. The van der Waals surface area contributed by atoms with Crippen LogP contribution in [-0.4, -0.2) is 4.57 Å². The third kappa shape index (κ3) is 0.857. The molecule has 1 heterocycles. The van der Waals surface area contributed by atoms with Gasteiger partial charge < -0.3 is 4.57 Å². The molecule has 0 aromatic carbocycles. The van der Waals surface area contributed by atoms with E-state index < -0.39 is 0 Å². The first-order valence-electron chi connectivity index (χ1n) is 4.53. The molecular weight excluding hydrogens is 146 g/mol. The summed E-state index contributed by atoms with van der Waals surface area (Å²) in [6, 6.07) is 0. The maximum absolute atomic E-state index is 2.33. The lowest BCUT2D eigenvalue weighted by atomic mass is 10.0. The molecule has 0 spiro atoms. The summed E-state index contributed by atoms with van der Waals surface area (Å²) in [4.78, 5) is 0. The van der Waals surface area contributed by atoms with Gasteiger partial charge in [0.05, 0.1) is 0 Å². The topological polar surface area (TPSA) is 4.93 Å². The quantitative estimate of drug-likeness (QED) is 0.551. The first-order valence-corrected chi connectivity index (χ1v) is 4.53. The monoisotopic (exact) mass is 161 g/mol. The van der Waals surface area contributed by atoms with Gasteiger partial charge in [-0.15, -0.1) is 0 Å². The number of hydrogen-bond acceptors (Lipinski definition) is 0. The van der Waals surface area contributed by atoms with E-state index in [0.717, 1.165) is 0 Å². The van der Waals surface area contributed by atoms with Crippen LogP contribution in [0, 0.1) is 13.8 Å². The van der Waals surface area contributed by atoms with Gasteiger partial charge in [0.15, 0.2) is 0 Å². The minimum atomic E-state index is 1.20. The first-order chi connectivity index (χ1) is 5.72. The molecule has 0 fully saturated rings. The van der Waals surface area contributed by atoms with Crippen LogP contribution in [0.4, 0.5) is 0 Å². The fourth-order valence-electron chi connectivity index (χ4n) is 1.99. The zero-order valence-electron chi connectivity index (χ0n) is 8.02. The molecule has 12 heavy (non-hydrogen) atoms. The Kier molecular flexibility index (Phi) is 1.60. The highest BCUT2D eigenvalue weighted by Crippen LogP contribution is 2.26. The Balaban J connectivity index is 2.70. The molecule has 0 radical (unpaired) electrons. The van der Waals surface area contributed by atoms with Crippen LogP contribution in [0.25, 0.3) is 6.08 Å². The highest BCUT2D eigenvalue weighted by atomic mass is 15.0. The van der Waals surface area contributed by atoms with E-state index in [2.05, 4.69) is 37.6 Å². The van der Waals surface area contributed by atoms with Crippen molar-refractivity contribution in [3.05, 3.63) is 28.6 Å². The fourth-order valence-corrected chi connectivity index (χ4v) is 1.99. The van der Waals surface area contributed by atoms with Gasteiger partial charge in [-0.3, -0.25) is 0 Å². The molecule has 0 bridgehead atoms. The second-order valence-electron chi connectivity index (χ2n) is 3.57. The second kappa shape index (κ2) is 2.51. The van der Waals surface area contributed by atoms with Crippen LogP contribution in [-0.2, 0) is 13.5 Å². The van der Waals surface area contributed by atoms with Crippen LogP contribution in [0.1, 0.15) is 28.9 Å². The Hall–Kier alpha value is -0.980. The molecule has 1 aromatic rings. The van der Waals surface area contributed by atoms with Crippen molar-refractivity contribution < 1.29 is 0 Å². The van der Waals surface area contributed by atoms with Gasteiger partial charge in [0, 0.05) is 18.4 Å². The van der Waals surface area contributed by atoms with E-state index in [1.807, 2.05) is 0 Å². The number of fused-ring (bicyclic) bond motifs is 1. The maximum Gasteiger partial charge on any atom is 0.0252 e. The molecule has 1 aromatic heterocycles. The summed E-state index contributed by atoms with van der Waals surface area (Å²) in [7, 11) is 2.17. The largest absolute Gasteiger partial charge is 0.351 e. The van der Waals surface area contributed by atoms with E-state index in [1.165, 1.54) is 35.4 Å². The molecule has 0 aliphatic heterocycles. The van der Waals surface area contributed by atoms with Gasteiger partial charge in [-0.1, -0.05) is 12.2 Å². The van der Waals surface area contributed by atoms with E-state index in [0.29, 0.717) is 0 Å². The summed E-state index contributed by atoms with van der Waals surface area (Å²) >= 11 is 0. The van der Waals surface area contributed by atoms with Gasteiger partial charge >= 0.3 is 0 Å². The predicted octanol–water partition coefficient (Wildman–Crippen LogP) is 2.60. The van der Waals surface area contributed by atoms with Crippen molar-refractivity contribution in [3.63, 3.8) is 0 Å². The van der Waals surface area contributed by atoms with Gasteiger partial charge in [0.2, 0.25) is 0 Å². The van der Waals surface area contributed by atoms with Crippen LogP contribution in [0.5, 0.6) is 0 Å². The average molecular weight is 161 g/mol. The number of allylic oxidation sites excluding steroid dienone is 1. The van der Waals surface area contributed by atoms with Crippen molar-refractivity contribution >= 4 is 6.08 Å². The van der Waals surface area contributed by atoms with Crippen molar-refractivity contribution in [1.29, 1.82) is 0 Å². The van der Waals surface area contributed by atoms with Crippen molar-refractivity contribution in [2.45, 2.75) is 26.7 Å². The minimum Gasteiger partial charge on any atom is -0.351 e. The van der Waals surface area contributed by atoms with Gasteiger partial charge in [0.25, 0.3) is 0 Å². The van der Waals surface area contributed by atoms with E-state index in [-0.39, 0.29) is 0 Å². The second-order valence-corrected chi connectivity index (χ2v) is 3.57. The molecule has 1 nitrogen and oxygen atoms in total. The molecule has 0 saturated heterocycles. The van der Waals surface area contributed by atoms with Crippen molar-refractivity contribution in [2.75, 3.05) is 0 Å². The van der Waals surface area contributed by atoms with Crippen LogP contribution in [0.2, 0.25) is 0 Å². The molecule has 1 aliphatic rings. The lowest BCUT2D eigenvalue weighted by molar-refractivity contribution is 0.780. The normalized spacial score (nSPS) is 14.9. The molecule has 0 amide bonds. The Labute approximate surface area is 73.7 Å². The Morgan fingerprint density at radius 2 is 2.08 bits per heavy atom. The highest BCUT2D eigenvalue weighted by molar-refractivity contribution is 5.60. The molecule has 2 rings (SSSR count). The van der Waals surface area contributed by atoms with E-state index in [1.54, 1.807) is 0 Å². The average Bonchev–Trinajstić information content (AvgIpc) is 2.33. The summed E-state index contributed by atoms with van der Waals surface area (Å²) in [6.07, 6.45) is 6.94. The maximum atomic E-state index is 2.33. The molecule has 0 saturated carbocycles. The predicted molar refractivity (Wildman–Crippen MR) is 52.2 cm³/mol. The minimum absolute atomic E-state index is 1.20. The molecule has 1 aliphatic carbocycles. The zero-order chi connectivity index (χ0) is 8.72. The summed E-state index contributed by atoms with van der Waals surface area (Å²) in [6.45, 7) is 4.41. The number of aromatic nitrogens is 1. The molecule has 1 heteroatoms. The standard InChI is InChI=1S/C11H15N/c1-8-9(2)12(3)11-7-5-4-6-10(8)11/h4,6H,5,7H2,1-3H3. The van der Waals surface area contributed by atoms with Crippen molar-refractivity contribution in [1.82, 2.24) is 4.57 Å². The summed E-state index contributed by atoms with van der Waals surface area (Å²) < 4.78 is 2.33. The number of rotatable bonds is 0. The van der Waals surface area contributed by atoms with Gasteiger partial charge in [0.1, 0.15) is 0 Å². The highest BCUT2D eigenvalue weighted by Gasteiger charge is 2.14. The molecular formula is C11H15N. The lowest BCUT2D eigenvalue weighted by Crippen LogP contribution is -2.00. The Morgan fingerprint density at radius 3 is 2.75 bits per heavy atom. The van der Waals surface area contributed by atoms with Crippen molar-refractivity contribution in [2.24, 2.45) is 7.05 Å². The molecule has 64 valence electrons. The van der Waals surface area contributed by atoms with Gasteiger partial charge in [-0.2, -0.15) is 0 Å².